The molecule has 0 fully saturated rings. The van der Waals surface area contributed by atoms with Gasteiger partial charge in [0.1, 0.15) is 0 Å². The molecule has 0 unspecified atom stereocenters. The van der Waals surface area contributed by atoms with Crippen molar-refractivity contribution in [2.75, 3.05) is 16.8 Å². The number of rotatable bonds is 3. The lowest BCUT2D eigenvalue weighted by Crippen LogP contribution is -2.25. The van der Waals surface area contributed by atoms with Crippen LogP contribution in [0.5, 0.6) is 0 Å². The van der Waals surface area contributed by atoms with Crippen molar-refractivity contribution in [3.8, 4) is 0 Å². The van der Waals surface area contributed by atoms with Gasteiger partial charge in [0.25, 0.3) is 11.6 Å². The van der Waals surface area contributed by atoms with Crippen LogP contribution in [0.1, 0.15) is 28.4 Å². The van der Waals surface area contributed by atoms with Crippen molar-refractivity contribution >= 4 is 28.9 Å². The highest BCUT2D eigenvalue weighted by atomic mass is 16.6. The van der Waals surface area contributed by atoms with Gasteiger partial charge < -0.3 is 10.2 Å². The molecule has 0 aromatic heterocycles. The fourth-order valence-electron chi connectivity index (χ4n) is 2.93. The number of nitro benzene ring substituents is 1. The zero-order valence-electron chi connectivity index (χ0n) is 13.9. The van der Waals surface area contributed by atoms with Gasteiger partial charge in [-0.2, -0.15) is 0 Å². The minimum absolute atomic E-state index is 0.0450. The first-order valence-corrected chi connectivity index (χ1v) is 7.84. The number of anilines is 2. The first-order chi connectivity index (χ1) is 11.9. The molecule has 0 saturated carbocycles. The molecule has 2 aromatic carbocycles. The first-order valence-electron chi connectivity index (χ1n) is 7.84. The van der Waals surface area contributed by atoms with Crippen LogP contribution in [0.2, 0.25) is 0 Å². The molecular weight excluding hydrogens is 322 g/mol. The van der Waals surface area contributed by atoms with Crippen LogP contribution in [0.4, 0.5) is 17.1 Å². The second-order valence-corrected chi connectivity index (χ2v) is 5.98. The summed E-state index contributed by atoms with van der Waals surface area (Å²) in [6.07, 6.45) is 0.785. The van der Waals surface area contributed by atoms with Gasteiger partial charge in [-0.05, 0) is 37.1 Å². The highest BCUT2D eigenvalue weighted by Gasteiger charge is 2.23. The van der Waals surface area contributed by atoms with E-state index in [1.165, 1.54) is 13.0 Å². The van der Waals surface area contributed by atoms with E-state index in [1.54, 1.807) is 36.1 Å². The second kappa shape index (κ2) is 6.35. The Bertz CT molecular complexity index is 892. The Balaban J connectivity index is 1.85. The van der Waals surface area contributed by atoms with E-state index in [9.17, 15) is 19.7 Å². The lowest BCUT2D eigenvalue weighted by Gasteiger charge is -2.16. The van der Waals surface area contributed by atoms with Crippen molar-refractivity contribution in [2.45, 2.75) is 20.3 Å². The highest BCUT2D eigenvalue weighted by Crippen LogP contribution is 2.31. The Morgan fingerprint density at radius 1 is 1.20 bits per heavy atom. The zero-order chi connectivity index (χ0) is 18.1. The Morgan fingerprint density at radius 3 is 2.64 bits per heavy atom. The fourth-order valence-corrected chi connectivity index (χ4v) is 2.93. The molecular formula is C18H17N3O4. The van der Waals surface area contributed by atoms with E-state index in [-0.39, 0.29) is 17.2 Å². The summed E-state index contributed by atoms with van der Waals surface area (Å²) in [6, 6.07) is 9.76. The van der Waals surface area contributed by atoms with Crippen molar-refractivity contribution in [2.24, 2.45) is 0 Å². The van der Waals surface area contributed by atoms with Gasteiger partial charge in [0.15, 0.2) is 0 Å². The lowest BCUT2D eigenvalue weighted by atomic mass is 10.1. The van der Waals surface area contributed by atoms with Crippen molar-refractivity contribution in [3.05, 3.63) is 63.2 Å². The number of aryl methyl sites for hydroxylation is 1. The molecule has 2 amide bonds. The Labute approximate surface area is 144 Å². The third kappa shape index (κ3) is 3.21. The molecule has 3 rings (SSSR count). The smallest absolute Gasteiger partial charge is 0.273 e. The highest BCUT2D eigenvalue weighted by molar-refractivity contribution is 6.05. The van der Waals surface area contributed by atoms with Crippen LogP contribution in [0.25, 0.3) is 0 Å². The zero-order valence-corrected chi connectivity index (χ0v) is 13.9. The molecule has 2 aromatic rings. The van der Waals surface area contributed by atoms with E-state index < -0.39 is 10.8 Å². The topological polar surface area (TPSA) is 92.6 Å². The molecule has 0 spiro atoms. The number of nitrogens with zero attached hydrogens (tertiary/aromatic N) is 2. The number of amides is 2. The summed E-state index contributed by atoms with van der Waals surface area (Å²) >= 11 is 0. The van der Waals surface area contributed by atoms with Crippen LogP contribution in [0.15, 0.2) is 36.4 Å². The number of carbonyl (C=O) groups is 2. The number of carbonyl (C=O) groups excluding carboxylic acids is 2. The van der Waals surface area contributed by atoms with E-state index in [2.05, 4.69) is 5.32 Å². The average Bonchev–Trinajstić information content (AvgIpc) is 2.98. The van der Waals surface area contributed by atoms with Crippen LogP contribution >= 0.6 is 0 Å². The van der Waals surface area contributed by atoms with Gasteiger partial charge in [0.05, 0.1) is 4.92 Å². The molecule has 7 nitrogen and oxygen atoms in total. The molecule has 0 radical (unpaired) electrons. The van der Waals surface area contributed by atoms with Crippen molar-refractivity contribution < 1.29 is 14.5 Å². The van der Waals surface area contributed by atoms with Crippen molar-refractivity contribution in [3.63, 3.8) is 0 Å². The van der Waals surface area contributed by atoms with Gasteiger partial charge in [-0.3, -0.25) is 19.7 Å². The number of nitro groups is 1. The van der Waals surface area contributed by atoms with Crippen molar-refractivity contribution in [1.29, 1.82) is 0 Å². The Kier molecular flexibility index (Phi) is 4.22. The van der Waals surface area contributed by atoms with Crippen LogP contribution in [0, 0.1) is 17.0 Å². The standard InChI is InChI=1S/C18H17N3O4/c1-11-3-4-14(9-16(11)21(24)25)18(23)19-15-6-5-13-7-8-20(12(2)22)17(13)10-15/h3-6,9-10H,7-8H2,1-2H3,(H,19,23). The van der Waals surface area contributed by atoms with E-state index in [4.69, 9.17) is 0 Å². The second-order valence-electron chi connectivity index (χ2n) is 5.98. The summed E-state index contributed by atoms with van der Waals surface area (Å²) in [5, 5.41) is 13.8. The maximum atomic E-state index is 12.4. The monoisotopic (exact) mass is 339 g/mol. The predicted molar refractivity (Wildman–Crippen MR) is 94.0 cm³/mol. The Morgan fingerprint density at radius 2 is 1.96 bits per heavy atom. The third-order valence-electron chi connectivity index (χ3n) is 4.29. The first kappa shape index (κ1) is 16.6. The minimum Gasteiger partial charge on any atom is -0.322 e. The number of nitrogens with one attached hydrogen (secondary N) is 1. The Hall–Kier alpha value is -3.22. The largest absolute Gasteiger partial charge is 0.322 e. The van der Waals surface area contributed by atoms with Gasteiger partial charge in [-0.25, -0.2) is 0 Å². The number of hydrogen-bond donors (Lipinski definition) is 1. The summed E-state index contributed by atoms with van der Waals surface area (Å²) in [7, 11) is 0. The number of benzene rings is 2. The summed E-state index contributed by atoms with van der Waals surface area (Å²) in [6.45, 7) is 3.76. The normalized spacial score (nSPS) is 12.6. The fraction of sp³-hybridized carbons (Fsp3) is 0.222. The molecule has 0 saturated heterocycles. The summed E-state index contributed by atoms with van der Waals surface area (Å²) in [5.74, 6) is -0.480. The SMILES string of the molecule is CC(=O)N1CCc2ccc(NC(=O)c3ccc(C)c([N+](=O)[O-])c3)cc21. The maximum absolute atomic E-state index is 12.4. The van der Waals surface area contributed by atoms with E-state index in [0.717, 1.165) is 17.7 Å². The molecule has 128 valence electrons. The number of fused-ring (bicyclic) bond motifs is 1. The van der Waals surface area contributed by atoms with Crippen LogP contribution in [-0.4, -0.2) is 23.3 Å². The molecule has 25 heavy (non-hydrogen) atoms. The van der Waals surface area contributed by atoms with Gasteiger partial charge in [0, 0.05) is 42.0 Å². The predicted octanol–water partition coefficient (Wildman–Crippen LogP) is 3.06. The third-order valence-corrected chi connectivity index (χ3v) is 4.29. The van der Waals surface area contributed by atoms with Gasteiger partial charge in [-0.15, -0.1) is 0 Å². The average molecular weight is 339 g/mol. The van der Waals surface area contributed by atoms with Crippen LogP contribution < -0.4 is 10.2 Å². The molecule has 0 atom stereocenters. The molecule has 1 heterocycles. The van der Waals surface area contributed by atoms with E-state index in [0.29, 0.717) is 17.8 Å². The van der Waals surface area contributed by atoms with Gasteiger partial charge in [-0.1, -0.05) is 12.1 Å². The van der Waals surface area contributed by atoms with E-state index >= 15 is 0 Å². The summed E-state index contributed by atoms with van der Waals surface area (Å²) in [4.78, 5) is 36.3. The molecule has 1 N–H and O–H groups in total. The van der Waals surface area contributed by atoms with Gasteiger partial charge in [0.2, 0.25) is 5.91 Å². The van der Waals surface area contributed by atoms with Gasteiger partial charge >= 0.3 is 0 Å². The number of hydrogen-bond acceptors (Lipinski definition) is 4. The van der Waals surface area contributed by atoms with Crippen molar-refractivity contribution in [1.82, 2.24) is 0 Å². The molecule has 7 heteroatoms. The molecule has 0 aliphatic carbocycles. The van der Waals surface area contributed by atoms with Crippen LogP contribution in [-0.2, 0) is 11.2 Å². The quantitative estimate of drug-likeness (QED) is 0.687. The molecule has 0 bridgehead atoms. The molecule has 1 aliphatic heterocycles. The minimum atomic E-state index is -0.508. The summed E-state index contributed by atoms with van der Waals surface area (Å²) in [5.41, 5.74) is 3.00. The lowest BCUT2D eigenvalue weighted by molar-refractivity contribution is -0.385. The van der Waals surface area contributed by atoms with E-state index in [1.807, 2.05) is 6.07 Å². The maximum Gasteiger partial charge on any atom is 0.273 e. The van der Waals surface area contributed by atoms with Crippen LogP contribution in [0.3, 0.4) is 0 Å². The molecule has 1 aliphatic rings. The summed E-state index contributed by atoms with van der Waals surface area (Å²) < 4.78 is 0.